The summed E-state index contributed by atoms with van der Waals surface area (Å²) in [7, 11) is 6.42. The van der Waals surface area contributed by atoms with E-state index < -0.39 is 0 Å². The van der Waals surface area contributed by atoms with Gasteiger partial charge in [0.15, 0.2) is 0 Å². The van der Waals surface area contributed by atoms with E-state index in [-0.39, 0.29) is 5.91 Å². The monoisotopic (exact) mass is 379 g/mol. The molecular formula is C24H33N3O. The van der Waals surface area contributed by atoms with Gasteiger partial charge in [-0.2, -0.15) is 0 Å². The largest absolute Gasteiger partial charge is 0.358 e. The maximum Gasteiger partial charge on any atom is 0.253 e. The molecule has 0 aliphatic heterocycles. The highest BCUT2D eigenvalue weighted by Gasteiger charge is 2.44. The van der Waals surface area contributed by atoms with E-state index >= 15 is 0 Å². The minimum atomic E-state index is 0.184. The average Bonchev–Trinajstić information content (AvgIpc) is 3.37. The van der Waals surface area contributed by atoms with Crippen LogP contribution in [0.1, 0.15) is 60.1 Å². The molecule has 0 saturated heterocycles. The lowest BCUT2D eigenvalue weighted by Crippen LogP contribution is -2.36. The van der Waals surface area contributed by atoms with Crippen LogP contribution in [-0.4, -0.2) is 53.9 Å². The Hall–Kier alpha value is -1.81. The fourth-order valence-corrected chi connectivity index (χ4v) is 6.21. The topological polar surface area (TPSA) is 39.3 Å². The summed E-state index contributed by atoms with van der Waals surface area (Å²) in [6, 6.07) is 7.44. The number of aryl methyl sites for hydroxylation is 2. The van der Waals surface area contributed by atoms with Crippen LogP contribution in [0.5, 0.6) is 0 Å². The first-order chi connectivity index (χ1) is 13.5. The Balaban J connectivity index is 1.31. The van der Waals surface area contributed by atoms with Crippen LogP contribution in [-0.2, 0) is 12.8 Å². The van der Waals surface area contributed by atoms with E-state index in [0.717, 1.165) is 35.4 Å². The van der Waals surface area contributed by atoms with E-state index in [2.05, 4.69) is 36.1 Å². The van der Waals surface area contributed by atoms with E-state index in [0.29, 0.717) is 6.04 Å². The molecule has 0 radical (unpaired) electrons. The number of nitrogens with zero attached hydrogens (tertiary/aromatic N) is 2. The Morgan fingerprint density at radius 1 is 0.964 bits per heavy atom. The molecule has 1 aromatic heterocycles. The normalized spacial score (nSPS) is 29.3. The van der Waals surface area contributed by atoms with Crippen molar-refractivity contribution in [3.05, 3.63) is 35.0 Å². The standard InChI is InChI=1S/C24H33N3O/c1-26(2)18-10-16-12-19(13-17(16)11-18)27(3)24(28)15-8-9-21-20-6-4-5-7-22(20)25-23(21)14-15/h8-9,14,16-19,25H,4-7,10-13H2,1-3H3/t16-,17+,18?,19?. The molecular weight excluding hydrogens is 346 g/mol. The van der Waals surface area contributed by atoms with Crippen LogP contribution in [0.2, 0.25) is 0 Å². The zero-order valence-electron chi connectivity index (χ0n) is 17.5. The summed E-state index contributed by atoms with van der Waals surface area (Å²) in [6.07, 6.45) is 9.82. The molecule has 28 heavy (non-hydrogen) atoms. The van der Waals surface area contributed by atoms with Gasteiger partial charge in [-0.05, 0) is 95.0 Å². The number of H-pyrrole nitrogens is 1. The summed E-state index contributed by atoms with van der Waals surface area (Å²) in [4.78, 5) is 21.2. The van der Waals surface area contributed by atoms with Gasteiger partial charge in [-0.25, -0.2) is 0 Å². The van der Waals surface area contributed by atoms with Gasteiger partial charge in [0.25, 0.3) is 5.91 Å². The van der Waals surface area contributed by atoms with Crippen molar-refractivity contribution in [2.45, 2.75) is 63.5 Å². The molecule has 2 unspecified atom stereocenters. The zero-order valence-corrected chi connectivity index (χ0v) is 17.5. The van der Waals surface area contributed by atoms with Crippen LogP contribution in [0.25, 0.3) is 10.9 Å². The molecule has 1 heterocycles. The highest BCUT2D eigenvalue weighted by atomic mass is 16.2. The summed E-state index contributed by atoms with van der Waals surface area (Å²) in [6.45, 7) is 0. The van der Waals surface area contributed by atoms with Gasteiger partial charge in [-0.1, -0.05) is 6.07 Å². The molecule has 1 aromatic carbocycles. The first kappa shape index (κ1) is 18.2. The quantitative estimate of drug-likeness (QED) is 0.866. The molecule has 0 bridgehead atoms. The summed E-state index contributed by atoms with van der Waals surface area (Å²) in [5.41, 5.74) is 4.84. The number of hydrogen-bond acceptors (Lipinski definition) is 2. The molecule has 3 aliphatic carbocycles. The first-order valence-electron chi connectivity index (χ1n) is 11.1. The maximum absolute atomic E-state index is 13.2. The summed E-state index contributed by atoms with van der Waals surface area (Å²) in [5, 5.41) is 1.32. The van der Waals surface area contributed by atoms with E-state index in [4.69, 9.17) is 0 Å². The third-order valence-electron chi connectivity index (χ3n) is 7.91. The van der Waals surface area contributed by atoms with Crippen molar-refractivity contribution in [3.63, 3.8) is 0 Å². The van der Waals surface area contributed by atoms with Gasteiger partial charge in [-0.15, -0.1) is 0 Å². The van der Waals surface area contributed by atoms with Crippen molar-refractivity contribution >= 4 is 16.8 Å². The van der Waals surface area contributed by atoms with E-state index in [1.165, 1.54) is 61.6 Å². The number of amides is 1. The van der Waals surface area contributed by atoms with Crippen molar-refractivity contribution < 1.29 is 4.79 Å². The minimum absolute atomic E-state index is 0.184. The van der Waals surface area contributed by atoms with Crippen molar-refractivity contribution in [2.75, 3.05) is 21.1 Å². The maximum atomic E-state index is 13.2. The van der Waals surface area contributed by atoms with Crippen LogP contribution >= 0.6 is 0 Å². The molecule has 4 nitrogen and oxygen atoms in total. The predicted octanol–water partition coefficient (Wildman–Crippen LogP) is 4.24. The molecule has 2 fully saturated rings. The number of fused-ring (bicyclic) bond motifs is 4. The number of carbonyl (C=O) groups excluding carboxylic acids is 1. The van der Waals surface area contributed by atoms with Crippen LogP contribution in [0.3, 0.4) is 0 Å². The van der Waals surface area contributed by atoms with Gasteiger partial charge in [0, 0.05) is 41.3 Å². The lowest BCUT2D eigenvalue weighted by molar-refractivity contribution is 0.0726. The second-order valence-corrected chi connectivity index (χ2v) is 9.70. The van der Waals surface area contributed by atoms with Crippen molar-refractivity contribution in [2.24, 2.45) is 11.8 Å². The van der Waals surface area contributed by atoms with E-state index in [9.17, 15) is 4.79 Å². The number of aromatic amines is 1. The number of nitrogens with one attached hydrogen (secondary N) is 1. The SMILES string of the molecule is CN(C)C1C[C@@H]2CC(N(C)C(=O)c3ccc4c5c([nH]c4c3)CCCC5)C[C@@H]2C1. The number of rotatable bonds is 3. The van der Waals surface area contributed by atoms with Crippen LogP contribution < -0.4 is 0 Å². The summed E-state index contributed by atoms with van der Waals surface area (Å²) in [5.74, 6) is 1.78. The highest BCUT2D eigenvalue weighted by molar-refractivity contribution is 5.98. The zero-order chi connectivity index (χ0) is 19.4. The Morgan fingerprint density at radius 3 is 2.36 bits per heavy atom. The summed E-state index contributed by atoms with van der Waals surface area (Å²) < 4.78 is 0. The van der Waals surface area contributed by atoms with Gasteiger partial charge in [0.05, 0.1) is 0 Å². The van der Waals surface area contributed by atoms with Gasteiger partial charge in [-0.3, -0.25) is 4.79 Å². The Bertz CT molecular complexity index is 885. The Morgan fingerprint density at radius 2 is 1.64 bits per heavy atom. The fourth-order valence-electron chi connectivity index (χ4n) is 6.21. The molecule has 1 N–H and O–H groups in total. The van der Waals surface area contributed by atoms with Gasteiger partial charge in [0.2, 0.25) is 0 Å². The molecule has 1 amide bonds. The van der Waals surface area contributed by atoms with Gasteiger partial charge >= 0.3 is 0 Å². The van der Waals surface area contributed by atoms with Gasteiger partial charge in [0.1, 0.15) is 0 Å². The van der Waals surface area contributed by atoms with Crippen molar-refractivity contribution in [1.82, 2.24) is 14.8 Å². The van der Waals surface area contributed by atoms with Crippen molar-refractivity contribution in [1.29, 1.82) is 0 Å². The fraction of sp³-hybridized carbons (Fsp3) is 0.625. The number of benzene rings is 1. The third-order valence-corrected chi connectivity index (χ3v) is 7.91. The Labute approximate surface area is 168 Å². The first-order valence-corrected chi connectivity index (χ1v) is 11.1. The second-order valence-electron chi connectivity index (χ2n) is 9.70. The number of carbonyl (C=O) groups is 1. The number of hydrogen-bond donors (Lipinski definition) is 1. The molecule has 2 saturated carbocycles. The average molecular weight is 380 g/mol. The van der Waals surface area contributed by atoms with Crippen LogP contribution in [0.15, 0.2) is 18.2 Å². The smallest absolute Gasteiger partial charge is 0.253 e. The van der Waals surface area contributed by atoms with Crippen LogP contribution in [0, 0.1) is 11.8 Å². The summed E-state index contributed by atoms with van der Waals surface area (Å²) >= 11 is 0. The predicted molar refractivity (Wildman–Crippen MR) is 114 cm³/mol. The molecule has 4 atom stereocenters. The van der Waals surface area contributed by atoms with E-state index in [1.54, 1.807) is 0 Å². The van der Waals surface area contributed by atoms with E-state index in [1.807, 2.05) is 18.0 Å². The number of aromatic nitrogens is 1. The minimum Gasteiger partial charge on any atom is -0.358 e. The van der Waals surface area contributed by atoms with Gasteiger partial charge < -0.3 is 14.8 Å². The molecule has 5 rings (SSSR count). The molecule has 150 valence electrons. The molecule has 2 aromatic rings. The Kier molecular flexibility index (Phi) is 4.50. The lowest BCUT2D eigenvalue weighted by Gasteiger charge is -2.27. The lowest BCUT2D eigenvalue weighted by atomic mass is 9.95. The van der Waals surface area contributed by atoms with Crippen LogP contribution in [0.4, 0.5) is 0 Å². The molecule has 0 spiro atoms. The second kappa shape index (κ2) is 6.91. The van der Waals surface area contributed by atoms with Crippen molar-refractivity contribution in [3.8, 4) is 0 Å². The molecule has 3 aliphatic rings. The third kappa shape index (κ3) is 2.97. The highest BCUT2D eigenvalue weighted by Crippen LogP contribution is 2.46. The molecule has 4 heteroatoms.